The predicted molar refractivity (Wildman–Crippen MR) is 70.8 cm³/mol. The van der Waals surface area contributed by atoms with Gasteiger partial charge in [0.25, 0.3) is 5.91 Å². The highest BCUT2D eigenvalue weighted by atomic mass is 32.1. The van der Waals surface area contributed by atoms with Gasteiger partial charge in [-0.05, 0) is 12.1 Å². The second-order valence-corrected chi connectivity index (χ2v) is 4.85. The van der Waals surface area contributed by atoms with Crippen LogP contribution < -0.4 is 5.32 Å². The summed E-state index contributed by atoms with van der Waals surface area (Å²) in [6.45, 7) is 0. The quantitative estimate of drug-likeness (QED) is 0.767. The Balaban J connectivity index is 1.87. The van der Waals surface area contributed by atoms with Crippen molar-refractivity contribution in [3.8, 4) is 0 Å². The largest absolute Gasteiger partial charge is 0.303 e. The Hall–Kier alpha value is -2.21. The minimum absolute atomic E-state index is 0.227. The van der Waals surface area contributed by atoms with Crippen molar-refractivity contribution in [2.75, 3.05) is 5.32 Å². The fourth-order valence-corrected chi connectivity index (χ4v) is 2.48. The summed E-state index contributed by atoms with van der Waals surface area (Å²) in [5.41, 5.74) is 0.841. The van der Waals surface area contributed by atoms with E-state index in [2.05, 4.69) is 15.4 Å². The van der Waals surface area contributed by atoms with Crippen molar-refractivity contribution in [3.05, 3.63) is 41.5 Å². The third-order valence-electron chi connectivity index (χ3n) is 2.44. The van der Waals surface area contributed by atoms with Crippen molar-refractivity contribution in [1.82, 2.24) is 14.8 Å². The predicted octanol–water partition coefficient (Wildman–Crippen LogP) is 2.28. The molecule has 0 bridgehead atoms. The van der Waals surface area contributed by atoms with Gasteiger partial charge in [0.2, 0.25) is 0 Å². The van der Waals surface area contributed by atoms with E-state index in [4.69, 9.17) is 0 Å². The van der Waals surface area contributed by atoms with Gasteiger partial charge in [0.15, 0.2) is 10.8 Å². The normalized spacial score (nSPS) is 10.7. The van der Waals surface area contributed by atoms with Gasteiger partial charge < -0.3 is 5.32 Å². The van der Waals surface area contributed by atoms with Crippen LogP contribution in [0.2, 0.25) is 0 Å². The summed E-state index contributed by atoms with van der Waals surface area (Å²) in [6, 6.07) is 9.42. The van der Waals surface area contributed by atoms with Crippen LogP contribution in [0.5, 0.6) is 0 Å². The first kappa shape index (κ1) is 10.9. The van der Waals surface area contributed by atoms with Crippen LogP contribution in [0.25, 0.3) is 10.2 Å². The number of thiazole rings is 1. The van der Waals surface area contributed by atoms with Crippen LogP contribution in [0.3, 0.4) is 0 Å². The molecular weight excluding hydrogens is 248 g/mol. The monoisotopic (exact) mass is 258 g/mol. The van der Waals surface area contributed by atoms with E-state index < -0.39 is 0 Å². The lowest BCUT2D eigenvalue weighted by molar-refractivity contribution is 0.102. The number of benzene rings is 1. The fourth-order valence-electron chi connectivity index (χ4n) is 1.62. The standard InChI is InChI=1S/C12H10N4OS/c1-16-7-6-10(15-16)14-11(17)12-13-8-4-2-3-5-9(8)18-12/h2-7H,1H3,(H,14,15,17). The number of rotatable bonds is 2. The summed E-state index contributed by atoms with van der Waals surface area (Å²) in [5.74, 6) is 0.302. The van der Waals surface area contributed by atoms with Gasteiger partial charge in [-0.2, -0.15) is 5.10 Å². The summed E-state index contributed by atoms with van der Waals surface area (Å²) in [6.07, 6.45) is 1.77. The van der Waals surface area contributed by atoms with E-state index in [1.54, 1.807) is 24.0 Å². The Labute approximate surface area is 107 Å². The van der Waals surface area contributed by atoms with Crippen molar-refractivity contribution in [2.45, 2.75) is 0 Å². The van der Waals surface area contributed by atoms with E-state index in [9.17, 15) is 4.79 Å². The number of nitrogens with zero attached hydrogens (tertiary/aromatic N) is 3. The van der Waals surface area contributed by atoms with E-state index >= 15 is 0 Å². The van der Waals surface area contributed by atoms with Gasteiger partial charge in [-0.25, -0.2) is 4.98 Å². The molecule has 3 rings (SSSR count). The van der Waals surface area contributed by atoms with E-state index in [0.29, 0.717) is 10.8 Å². The highest BCUT2D eigenvalue weighted by Crippen LogP contribution is 2.22. The lowest BCUT2D eigenvalue weighted by atomic mass is 10.3. The molecule has 3 aromatic rings. The molecule has 0 atom stereocenters. The van der Waals surface area contributed by atoms with Crippen molar-refractivity contribution >= 4 is 33.3 Å². The number of anilines is 1. The fraction of sp³-hybridized carbons (Fsp3) is 0.0833. The molecule has 90 valence electrons. The SMILES string of the molecule is Cn1ccc(NC(=O)c2nc3ccccc3s2)n1. The van der Waals surface area contributed by atoms with E-state index in [-0.39, 0.29) is 5.91 Å². The van der Waals surface area contributed by atoms with Crippen molar-refractivity contribution in [3.63, 3.8) is 0 Å². The molecule has 2 heterocycles. The molecule has 18 heavy (non-hydrogen) atoms. The highest BCUT2D eigenvalue weighted by Gasteiger charge is 2.12. The first-order valence-electron chi connectivity index (χ1n) is 5.39. The average Bonchev–Trinajstić information content (AvgIpc) is 2.95. The van der Waals surface area contributed by atoms with Crippen LogP contribution in [-0.2, 0) is 7.05 Å². The van der Waals surface area contributed by atoms with Gasteiger partial charge in [0.1, 0.15) is 0 Å². The number of hydrogen-bond donors (Lipinski definition) is 1. The number of carbonyl (C=O) groups is 1. The molecule has 0 fully saturated rings. The number of hydrogen-bond acceptors (Lipinski definition) is 4. The second kappa shape index (κ2) is 4.23. The topological polar surface area (TPSA) is 59.8 Å². The summed E-state index contributed by atoms with van der Waals surface area (Å²) in [4.78, 5) is 16.3. The zero-order chi connectivity index (χ0) is 12.5. The van der Waals surface area contributed by atoms with Crippen LogP contribution in [0.15, 0.2) is 36.5 Å². The van der Waals surface area contributed by atoms with Crippen LogP contribution in [0.1, 0.15) is 9.80 Å². The molecule has 0 aliphatic carbocycles. The summed E-state index contributed by atoms with van der Waals surface area (Å²) in [7, 11) is 1.80. The Kier molecular flexibility index (Phi) is 2.56. The summed E-state index contributed by atoms with van der Waals surface area (Å²) < 4.78 is 2.64. The van der Waals surface area contributed by atoms with Gasteiger partial charge >= 0.3 is 0 Å². The number of fused-ring (bicyclic) bond motifs is 1. The van der Waals surface area contributed by atoms with Gasteiger partial charge in [-0.15, -0.1) is 11.3 Å². The Morgan fingerprint density at radius 1 is 1.33 bits per heavy atom. The second-order valence-electron chi connectivity index (χ2n) is 3.82. The maximum Gasteiger partial charge on any atom is 0.285 e. The smallest absolute Gasteiger partial charge is 0.285 e. The molecule has 0 radical (unpaired) electrons. The number of nitrogens with one attached hydrogen (secondary N) is 1. The molecule has 0 spiro atoms. The first-order chi connectivity index (χ1) is 8.72. The summed E-state index contributed by atoms with van der Waals surface area (Å²) >= 11 is 1.37. The molecule has 6 heteroatoms. The third kappa shape index (κ3) is 1.98. The Morgan fingerprint density at radius 3 is 2.89 bits per heavy atom. The maximum absolute atomic E-state index is 12.0. The third-order valence-corrected chi connectivity index (χ3v) is 3.48. The molecule has 0 aliphatic heterocycles. The van der Waals surface area contributed by atoms with Gasteiger partial charge in [0.05, 0.1) is 10.2 Å². The Morgan fingerprint density at radius 2 is 2.17 bits per heavy atom. The average molecular weight is 258 g/mol. The molecular formula is C12H10N4OS. The molecule has 1 amide bonds. The molecule has 2 aromatic heterocycles. The van der Waals surface area contributed by atoms with E-state index in [0.717, 1.165) is 10.2 Å². The number of aryl methyl sites for hydroxylation is 1. The molecule has 0 unspecified atom stereocenters. The number of amides is 1. The molecule has 5 nitrogen and oxygen atoms in total. The van der Waals surface area contributed by atoms with Crippen LogP contribution in [0, 0.1) is 0 Å². The minimum atomic E-state index is -0.227. The van der Waals surface area contributed by atoms with Gasteiger partial charge in [-0.3, -0.25) is 9.48 Å². The number of aromatic nitrogens is 3. The lowest BCUT2D eigenvalue weighted by Crippen LogP contribution is -2.12. The van der Waals surface area contributed by atoms with Gasteiger partial charge in [-0.1, -0.05) is 12.1 Å². The zero-order valence-corrected chi connectivity index (χ0v) is 10.4. The number of carbonyl (C=O) groups excluding carboxylic acids is 1. The lowest BCUT2D eigenvalue weighted by Gasteiger charge is -1.96. The van der Waals surface area contributed by atoms with E-state index in [1.165, 1.54) is 11.3 Å². The van der Waals surface area contributed by atoms with Gasteiger partial charge in [0, 0.05) is 19.3 Å². The Bertz CT molecular complexity index is 683. The minimum Gasteiger partial charge on any atom is -0.303 e. The molecule has 0 saturated heterocycles. The summed E-state index contributed by atoms with van der Waals surface area (Å²) in [5, 5.41) is 7.25. The van der Waals surface area contributed by atoms with Crippen LogP contribution in [-0.4, -0.2) is 20.7 Å². The molecule has 0 aliphatic rings. The molecule has 1 N–H and O–H groups in total. The van der Waals surface area contributed by atoms with E-state index in [1.807, 2.05) is 24.3 Å². The molecule has 0 saturated carbocycles. The molecule has 1 aromatic carbocycles. The zero-order valence-electron chi connectivity index (χ0n) is 9.62. The van der Waals surface area contributed by atoms with Crippen LogP contribution >= 0.6 is 11.3 Å². The number of para-hydroxylation sites is 1. The highest BCUT2D eigenvalue weighted by molar-refractivity contribution is 7.20. The maximum atomic E-state index is 12.0. The van der Waals surface area contributed by atoms with Crippen molar-refractivity contribution in [1.29, 1.82) is 0 Å². The van der Waals surface area contributed by atoms with Crippen LogP contribution in [0.4, 0.5) is 5.82 Å². The first-order valence-corrected chi connectivity index (χ1v) is 6.20. The van der Waals surface area contributed by atoms with Crippen molar-refractivity contribution < 1.29 is 4.79 Å². The van der Waals surface area contributed by atoms with Crippen molar-refractivity contribution in [2.24, 2.45) is 7.05 Å².